The highest BCUT2D eigenvalue weighted by atomic mass is 16.4. The maximum atomic E-state index is 12.1. The number of hydrogen-bond donors (Lipinski definition) is 3. The predicted octanol–water partition coefficient (Wildman–Crippen LogP) is 2.32. The van der Waals surface area contributed by atoms with Gasteiger partial charge in [0.1, 0.15) is 0 Å². The van der Waals surface area contributed by atoms with Crippen molar-refractivity contribution in [1.82, 2.24) is 5.32 Å². The van der Waals surface area contributed by atoms with E-state index in [1.807, 2.05) is 38.1 Å². The number of carbonyl (C=O) groups excluding carboxylic acids is 1. The minimum atomic E-state index is -1.53. The molecule has 0 fully saturated rings. The Morgan fingerprint density at radius 3 is 2.52 bits per heavy atom. The van der Waals surface area contributed by atoms with E-state index in [-0.39, 0.29) is 11.8 Å². The lowest BCUT2D eigenvalue weighted by atomic mass is 9.75. The van der Waals surface area contributed by atoms with E-state index in [1.165, 1.54) is 0 Å². The zero-order valence-corrected chi connectivity index (χ0v) is 13.7. The monoisotopic (exact) mass is 313 g/mol. The van der Waals surface area contributed by atoms with Crippen LogP contribution in [0, 0.1) is 5.92 Å². The number of carbonyl (C=O) groups is 1. The average molecular weight is 313 g/mol. The first-order valence-electron chi connectivity index (χ1n) is 8.09. The summed E-state index contributed by atoms with van der Waals surface area (Å²) in [6.45, 7) is 3.97. The molecule has 0 heterocycles. The van der Waals surface area contributed by atoms with Crippen molar-refractivity contribution in [3.63, 3.8) is 0 Å². The van der Waals surface area contributed by atoms with Crippen LogP contribution in [0.2, 0.25) is 0 Å². The minimum absolute atomic E-state index is 0.156. The number of fused-ring (bicyclic) bond motifs is 1. The molecule has 0 saturated carbocycles. The van der Waals surface area contributed by atoms with Crippen molar-refractivity contribution in [1.29, 1.82) is 0 Å². The van der Waals surface area contributed by atoms with Crippen molar-refractivity contribution < 1.29 is 14.8 Å². The van der Waals surface area contributed by atoms with Crippen molar-refractivity contribution in [3.8, 4) is 0 Å². The summed E-state index contributed by atoms with van der Waals surface area (Å²) in [6.07, 6.45) is 1.50. The van der Waals surface area contributed by atoms with E-state index in [2.05, 4.69) is 23.5 Å². The van der Waals surface area contributed by atoms with Gasteiger partial charge in [-0.15, -0.1) is 0 Å². The fraction of sp³-hybridized carbons (Fsp3) is 0.389. The molecule has 5 heteroatoms. The molecule has 0 unspecified atom stereocenters. The van der Waals surface area contributed by atoms with Crippen molar-refractivity contribution in [2.75, 3.05) is 0 Å². The highest BCUT2D eigenvalue weighted by molar-refractivity contribution is 6.43. The van der Waals surface area contributed by atoms with Crippen LogP contribution in [0.3, 0.4) is 0 Å². The molecule has 0 aliphatic heterocycles. The van der Waals surface area contributed by atoms with Crippen molar-refractivity contribution in [3.05, 3.63) is 48.0 Å². The molecule has 4 nitrogen and oxygen atoms in total. The lowest BCUT2D eigenvalue weighted by Gasteiger charge is -2.19. The van der Waals surface area contributed by atoms with Crippen LogP contribution in [0.25, 0.3) is 10.8 Å². The topological polar surface area (TPSA) is 69.6 Å². The van der Waals surface area contributed by atoms with E-state index >= 15 is 0 Å². The first-order valence-corrected chi connectivity index (χ1v) is 8.09. The summed E-state index contributed by atoms with van der Waals surface area (Å²) in [5.74, 6) is -0.494. The standard InChI is InChI=1S/C18H24BNO3/c1-13(2)12-17(19(22)23)20-18(21)11-10-15-8-5-7-14-6-3-4-9-16(14)15/h3-9,13,17,22-23H,10-12H2,1-2H3,(H,20,21)/t17-/m1/s1. The lowest BCUT2D eigenvalue weighted by Crippen LogP contribution is -2.47. The van der Waals surface area contributed by atoms with Gasteiger partial charge in [-0.3, -0.25) is 4.79 Å². The molecule has 1 amide bonds. The van der Waals surface area contributed by atoms with E-state index in [9.17, 15) is 14.8 Å². The minimum Gasteiger partial charge on any atom is -0.426 e. The van der Waals surface area contributed by atoms with Crippen LogP contribution in [0.1, 0.15) is 32.3 Å². The maximum Gasteiger partial charge on any atom is 0.475 e. The van der Waals surface area contributed by atoms with Crippen LogP contribution in [-0.2, 0) is 11.2 Å². The summed E-state index contributed by atoms with van der Waals surface area (Å²) in [4.78, 5) is 12.1. The Hall–Kier alpha value is -1.85. The van der Waals surface area contributed by atoms with E-state index < -0.39 is 13.1 Å². The Kier molecular flexibility index (Phi) is 6.19. The number of hydrogen-bond acceptors (Lipinski definition) is 3. The summed E-state index contributed by atoms with van der Waals surface area (Å²) in [5, 5.41) is 23.8. The molecular formula is C18H24BNO3. The molecular weight excluding hydrogens is 289 g/mol. The second kappa shape index (κ2) is 8.13. The number of aryl methyl sites for hydroxylation is 1. The van der Waals surface area contributed by atoms with Gasteiger partial charge in [0.15, 0.2) is 0 Å². The molecule has 0 aromatic heterocycles. The second-order valence-electron chi connectivity index (χ2n) is 6.36. The number of benzene rings is 2. The van der Waals surface area contributed by atoms with Gasteiger partial charge in [-0.1, -0.05) is 56.3 Å². The largest absolute Gasteiger partial charge is 0.475 e. The number of nitrogens with one attached hydrogen (secondary N) is 1. The molecule has 0 spiro atoms. The molecule has 0 saturated heterocycles. The highest BCUT2D eigenvalue weighted by Gasteiger charge is 2.25. The molecule has 2 aromatic carbocycles. The Bertz CT molecular complexity index is 652. The average Bonchev–Trinajstić information content (AvgIpc) is 2.51. The van der Waals surface area contributed by atoms with Crippen LogP contribution in [0.4, 0.5) is 0 Å². The normalized spacial score (nSPS) is 12.4. The summed E-state index contributed by atoms with van der Waals surface area (Å²) in [7, 11) is -1.53. The molecule has 1 atom stereocenters. The van der Waals surface area contributed by atoms with Crippen LogP contribution in [0.5, 0.6) is 0 Å². The smallest absolute Gasteiger partial charge is 0.426 e. The van der Waals surface area contributed by atoms with Crippen molar-refractivity contribution in [2.45, 2.75) is 39.1 Å². The highest BCUT2D eigenvalue weighted by Crippen LogP contribution is 2.19. The van der Waals surface area contributed by atoms with Gasteiger partial charge in [-0.2, -0.15) is 0 Å². The fourth-order valence-electron chi connectivity index (χ4n) is 2.80. The Balaban J connectivity index is 1.98. The molecule has 2 aromatic rings. The number of amides is 1. The molecule has 0 radical (unpaired) electrons. The van der Waals surface area contributed by atoms with Gasteiger partial charge in [0.25, 0.3) is 0 Å². The zero-order chi connectivity index (χ0) is 16.8. The Morgan fingerprint density at radius 2 is 1.83 bits per heavy atom. The first kappa shape index (κ1) is 17.5. The molecule has 23 heavy (non-hydrogen) atoms. The fourth-order valence-corrected chi connectivity index (χ4v) is 2.80. The van der Waals surface area contributed by atoms with Crippen molar-refractivity contribution >= 4 is 23.8 Å². The third kappa shape index (κ3) is 5.08. The zero-order valence-electron chi connectivity index (χ0n) is 13.7. The number of rotatable bonds is 7. The van der Waals surface area contributed by atoms with Crippen LogP contribution < -0.4 is 5.32 Å². The quantitative estimate of drug-likeness (QED) is 0.687. The van der Waals surface area contributed by atoms with Crippen LogP contribution in [0.15, 0.2) is 42.5 Å². The third-order valence-corrected chi connectivity index (χ3v) is 3.93. The van der Waals surface area contributed by atoms with E-state index in [0.717, 1.165) is 16.3 Å². The van der Waals surface area contributed by atoms with E-state index in [0.29, 0.717) is 19.3 Å². The molecule has 3 N–H and O–H groups in total. The summed E-state index contributed by atoms with van der Waals surface area (Å²) >= 11 is 0. The van der Waals surface area contributed by atoms with Gasteiger partial charge >= 0.3 is 7.12 Å². The van der Waals surface area contributed by atoms with E-state index in [4.69, 9.17) is 0 Å². The van der Waals surface area contributed by atoms with Crippen LogP contribution in [-0.4, -0.2) is 29.0 Å². The van der Waals surface area contributed by atoms with Gasteiger partial charge in [-0.25, -0.2) is 0 Å². The molecule has 122 valence electrons. The summed E-state index contributed by atoms with van der Waals surface area (Å²) in [6, 6.07) is 14.2. The molecule has 0 aliphatic rings. The second-order valence-corrected chi connectivity index (χ2v) is 6.36. The Labute approximate surface area is 137 Å². The molecule has 2 rings (SSSR count). The lowest BCUT2D eigenvalue weighted by molar-refractivity contribution is -0.121. The maximum absolute atomic E-state index is 12.1. The van der Waals surface area contributed by atoms with Gasteiger partial charge in [-0.05, 0) is 35.1 Å². The van der Waals surface area contributed by atoms with E-state index in [1.54, 1.807) is 0 Å². The summed E-state index contributed by atoms with van der Waals surface area (Å²) < 4.78 is 0. The first-order chi connectivity index (χ1) is 11.0. The van der Waals surface area contributed by atoms with Crippen molar-refractivity contribution in [2.24, 2.45) is 5.92 Å². The molecule has 0 aliphatic carbocycles. The summed E-state index contributed by atoms with van der Waals surface area (Å²) in [5.41, 5.74) is 1.13. The van der Waals surface area contributed by atoms with Gasteiger partial charge < -0.3 is 15.4 Å². The molecule has 0 bridgehead atoms. The SMILES string of the molecule is CC(C)C[C@@H](NC(=O)CCc1cccc2ccccc12)B(O)O. The van der Waals surface area contributed by atoms with Gasteiger partial charge in [0, 0.05) is 6.42 Å². The van der Waals surface area contributed by atoms with Crippen LogP contribution >= 0.6 is 0 Å². The Morgan fingerprint density at radius 1 is 1.13 bits per heavy atom. The van der Waals surface area contributed by atoms with Gasteiger partial charge in [0.05, 0.1) is 5.94 Å². The van der Waals surface area contributed by atoms with Gasteiger partial charge in [0.2, 0.25) is 5.91 Å². The third-order valence-electron chi connectivity index (χ3n) is 3.93. The predicted molar refractivity (Wildman–Crippen MR) is 93.8 cm³/mol.